The molecule has 40 heavy (non-hydrogen) atoms. The molecule has 2 rings (SSSR count). The molecule has 0 aliphatic rings. The van der Waals surface area contributed by atoms with Crippen LogP contribution in [0.4, 0.5) is 5.69 Å². The van der Waals surface area contributed by atoms with E-state index < -0.39 is 30.4 Å². The second-order valence-corrected chi connectivity index (χ2v) is 10.9. The monoisotopic (exact) mass is 591 g/mol. The molecule has 0 aliphatic carbocycles. The van der Waals surface area contributed by atoms with E-state index in [1.54, 1.807) is 18.2 Å². The maximum absolute atomic E-state index is 11.9. The van der Waals surface area contributed by atoms with Gasteiger partial charge in [-0.3, -0.25) is 14.4 Å². The Bertz CT molecular complexity index is 1050. The third-order valence-corrected chi connectivity index (χ3v) is 7.65. The fraction of sp³-hybridized carbons (Fsp3) is 0.500. The molecule has 4 N–H and O–H groups in total. The van der Waals surface area contributed by atoms with Crippen LogP contribution in [0.25, 0.3) is 0 Å². The summed E-state index contributed by atoms with van der Waals surface area (Å²) in [6.07, 6.45) is 9.00. The van der Waals surface area contributed by atoms with Gasteiger partial charge in [0.1, 0.15) is 6.42 Å². The zero-order chi connectivity index (χ0) is 27.8. The molecule has 0 bridgehead atoms. The summed E-state index contributed by atoms with van der Waals surface area (Å²) in [5.41, 5.74) is 2.67. The number of unbranched alkanes of at least 4 members (excludes halogenated alkanes) is 6. The average molecular weight is 592 g/mol. The molecule has 2 aromatic carbocycles. The van der Waals surface area contributed by atoms with E-state index in [4.69, 9.17) is 10.2 Å². The van der Waals surface area contributed by atoms with Gasteiger partial charge in [-0.2, -0.15) is 0 Å². The molecule has 0 saturated heterocycles. The summed E-state index contributed by atoms with van der Waals surface area (Å²) in [6, 6.07) is 15.3. The summed E-state index contributed by atoms with van der Waals surface area (Å²) >= 11 is 1.45. The third kappa shape index (κ3) is 16.6. The number of nitrogens with one attached hydrogen (secondary N) is 1. The van der Waals surface area contributed by atoms with Gasteiger partial charge < -0.3 is 23.5 Å². The number of hydrogen-bond acceptors (Lipinski definition) is 5. The van der Waals surface area contributed by atoms with Gasteiger partial charge in [-0.05, 0) is 55.0 Å². The molecule has 2 unspecified atom stereocenters. The first-order chi connectivity index (χ1) is 18.3. The average Bonchev–Trinajstić information content (AvgIpc) is 2.86. The van der Waals surface area contributed by atoms with Crippen LogP contribution in [0, 0.1) is 0 Å². The number of hydrogen-bond donors (Lipinski definition) is 4. The number of amides is 1. The molecule has 0 heterocycles. The van der Waals surface area contributed by atoms with E-state index in [9.17, 15) is 19.5 Å². The minimum absolute atomic E-state index is 0. The second kappa shape index (κ2) is 22.7. The fourth-order valence-corrected chi connectivity index (χ4v) is 5.55. The van der Waals surface area contributed by atoms with E-state index in [1.165, 1.54) is 55.9 Å². The standard InChI is InChI=1S/C30H41NO6S.2Na.2H/c1-2-3-4-5-6-7-8-12-22-13-9-14-23(19-22)30(26(32)17-11-18-28(34)35)38-25-16-10-15-24(20-25)31-27(33)21-29(36)37;;;;/h9-10,13-16,19-20,26,30,32H,2-8,11-12,17-18,21H2,1H3,(H,31,33)(H,34,35)(H,36,37);;;;/q;2*+1;2*-1. The summed E-state index contributed by atoms with van der Waals surface area (Å²) in [6.45, 7) is 2.22. The summed E-state index contributed by atoms with van der Waals surface area (Å²) in [5.74, 6) is -2.69. The van der Waals surface area contributed by atoms with Crippen molar-refractivity contribution >= 4 is 35.3 Å². The fourth-order valence-electron chi connectivity index (χ4n) is 4.33. The summed E-state index contributed by atoms with van der Waals surface area (Å²) in [7, 11) is 0. The summed E-state index contributed by atoms with van der Waals surface area (Å²) in [4.78, 5) is 34.5. The molecule has 7 nitrogen and oxygen atoms in total. The van der Waals surface area contributed by atoms with Crippen molar-refractivity contribution in [2.45, 2.75) is 100 Å². The number of aryl methyl sites for hydroxylation is 1. The smallest absolute Gasteiger partial charge is 1.00 e. The Kier molecular flexibility index (Phi) is 22.2. The molecule has 0 aromatic heterocycles. The van der Waals surface area contributed by atoms with Gasteiger partial charge in [-0.15, -0.1) is 11.8 Å². The van der Waals surface area contributed by atoms with Gasteiger partial charge in [0.2, 0.25) is 5.91 Å². The third-order valence-electron chi connectivity index (χ3n) is 6.28. The number of benzene rings is 2. The molecule has 1 amide bonds. The quantitative estimate of drug-likeness (QED) is 0.0835. The van der Waals surface area contributed by atoms with Crippen molar-refractivity contribution < 1.29 is 91.7 Å². The van der Waals surface area contributed by atoms with Crippen LogP contribution in [0.15, 0.2) is 53.4 Å². The first kappa shape index (κ1) is 39.2. The van der Waals surface area contributed by atoms with E-state index in [1.807, 2.05) is 18.2 Å². The molecule has 212 valence electrons. The number of aliphatic carboxylic acids is 2. The van der Waals surface area contributed by atoms with Crippen LogP contribution in [-0.4, -0.2) is 39.3 Å². The first-order valence-electron chi connectivity index (χ1n) is 13.6. The van der Waals surface area contributed by atoms with Crippen molar-refractivity contribution in [1.82, 2.24) is 0 Å². The van der Waals surface area contributed by atoms with Gasteiger partial charge in [0.25, 0.3) is 0 Å². The van der Waals surface area contributed by atoms with Crippen molar-refractivity contribution in [3.8, 4) is 0 Å². The van der Waals surface area contributed by atoms with E-state index in [2.05, 4.69) is 24.4 Å². The minimum Gasteiger partial charge on any atom is -1.00 e. The Morgan fingerprint density at radius 1 is 0.875 bits per heavy atom. The Balaban J connectivity index is -0.00000380. The SMILES string of the molecule is CCCCCCCCCc1cccc(C(Sc2cccc(NC(=O)CC(=O)O)c2)C(O)CCCC(=O)O)c1.[H-].[H-].[Na+].[Na+]. The largest absolute Gasteiger partial charge is 1.00 e. The van der Waals surface area contributed by atoms with Crippen LogP contribution < -0.4 is 64.4 Å². The van der Waals surface area contributed by atoms with Crippen LogP contribution in [0.1, 0.15) is 96.8 Å². The van der Waals surface area contributed by atoms with E-state index in [-0.39, 0.29) is 73.6 Å². The zero-order valence-corrected chi connectivity index (χ0v) is 29.0. The number of carbonyl (C=O) groups excluding carboxylic acids is 1. The predicted octanol–water partition coefficient (Wildman–Crippen LogP) is 1.08. The Labute approximate surface area is 289 Å². The minimum atomic E-state index is -1.20. The molecule has 10 heteroatoms. The molecule has 0 aliphatic heterocycles. The van der Waals surface area contributed by atoms with Gasteiger partial charge >= 0.3 is 71.1 Å². The van der Waals surface area contributed by atoms with Crippen LogP contribution in [-0.2, 0) is 20.8 Å². The zero-order valence-electron chi connectivity index (χ0n) is 26.2. The Hall–Kier alpha value is -0.840. The molecule has 2 aromatic rings. The summed E-state index contributed by atoms with van der Waals surface area (Å²) < 4.78 is 0. The van der Waals surface area contributed by atoms with Crippen molar-refractivity contribution in [2.75, 3.05) is 5.32 Å². The number of aliphatic hydroxyl groups is 1. The maximum Gasteiger partial charge on any atom is 1.00 e. The van der Waals surface area contributed by atoms with Crippen LogP contribution >= 0.6 is 11.8 Å². The van der Waals surface area contributed by atoms with Crippen LogP contribution in [0.2, 0.25) is 0 Å². The molecule has 0 fully saturated rings. The van der Waals surface area contributed by atoms with Gasteiger partial charge in [0.15, 0.2) is 0 Å². The first-order valence-corrected chi connectivity index (χ1v) is 14.4. The normalized spacial score (nSPS) is 11.9. The van der Waals surface area contributed by atoms with Crippen molar-refractivity contribution in [2.24, 2.45) is 0 Å². The van der Waals surface area contributed by atoms with E-state index >= 15 is 0 Å². The Morgan fingerprint density at radius 2 is 1.55 bits per heavy atom. The topological polar surface area (TPSA) is 124 Å². The summed E-state index contributed by atoms with van der Waals surface area (Å²) in [5, 5.41) is 31.2. The van der Waals surface area contributed by atoms with Crippen LogP contribution in [0.3, 0.4) is 0 Å². The Morgan fingerprint density at radius 3 is 2.23 bits per heavy atom. The second-order valence-electron chi connectivity index (χ2n) is 9.65. The molecular weight excluding hydrogens is 548 g/mol. The predicted molar refractivity (Wildman–Crippen MR) is 154 cm³/mol. The maximum atomic E-state index is 11.9. The van der Waals surface area contributed by atoms with E-state index in [0.29, 0.717) is 18.5 Å². The number of carbonyl (C=O) groups is 3. The molecule has 0 saturated carbocycles. The van der Waals surface area contributed by atoms with Crippen molar-refractivity contribution in [3.63, 3.8) is 0 Å². The number of thioether (sulfide) groups is 1. The number of carboxylic acid groups (broad SMARTS) is 2. The molecule has 0 radical (unpaired) electrons. The van der Waals surface area contributed by atoms with Gasteiger partial charge in [-0.25, -0.2) is 0 Å². The van der Waals surface area contributed by atoms with Crippen LogP contribution in [0.5, 0.6) is 0 Å². The van der Waals surface area contributed by atoms with E-state index in [0.717, 1.165) is 23.3 Å². The van der Waals surface area contributed by atoms with Gasteiger partial charge in [-0.1, -0.05) is 75.8 Å². The van der Waals surface area contributed by atoms with Gasteiger partial charge in [0, 0.05) is 17.0 Å². The number of aliphatic hydroxyl groups excluding tert-OH is 1. The number of rotatable bonds is 19. The number of carboxylic acids is 2. The van der Waals surface area contributed by atoms with Crippen molar-refractivity contribution in [1.29, 1.82) is 0 Å². The molecule has 2 atom stereocenters. The van der Waals surface area contributed by atoms with Gasteiger partial charge in [0.05, 0.1) is 11.4 Å². The van der Waals surface area contributed by atoms with Crippen molar-refractivity contribution in [3.05, 3.63) is 59.7 Å². The molecular formula is C30H43NNa2O6S. The number of anilines is 1. The molecule has 0 spiro atoms.